The highest BCUT2D eigenvalue weighted by molar-refractivity contribution is 5.70. The molecule has 1 fully saturated rings. The van der Waals surface area contributed by atoms with E-state index in [0.29, 0.717) is 6.42 Å². The zero-order valence-corrected chi connectivity index (χ0v) is 10.3. The molecule has 0 aromatic heterocycles. The summed E-state index contributed by atoms with van der Waals surface area (Å²) in [6.45, 7) is 6.26. The first-order valence-electron chi connectivity index (χ1n) is 5.70. The molecular weight excluding hydrogens is 192 g/mol. The van der Waals surface area contributed by atoms with Crippen molar-refractivity contribution in [2.75, 3.05) is 7.11 Å². The van der Waals surface area contributed by atoms with Gasteiger partial charge in [0.1, 0.15) is 0 Å². The minimum atomic E-state index is -0.297. The molecule has 0 aromatic rings. The Balaban J connectivity index is 2.71. The largest absolute Gasteiger partial charge is 0.469 e. The van der Waals surface area contributed by atoms with Crippen molar-refractivity contribution in [3.63, 3.8) is 0 Å². The van der Waals surface area contributed by atoms with Crippen LogP contribution in [0.15, 0.2) is 0 Å². The molecule has 1 unspecified atom stereocenters. The lowest BCUT2D eigenvalue weighted by atomic mass is 9.83. The first kappa shape index (κ1) is 12.5. The van der Waals surface area contributed by atoms with Crippen molar-refractivity contribution in [2.24, 2.45) is 0 Å². The molecule has 0 aromatic carbocycles. The Morgan fingerprint density at radius 2 is 2.07 bits per heavy atom. The van der Waals surface area contributed by atoms with Crippen molar-refractivity contribution in [1.29, 1.82) is 0 Å². The number of ether oxygens (including phenoxy) is 2. The summed E-state index contributed by atoms with van der Waals surface area (Å²) in [6, 6.07) is 0. The number of carbonyl (C=O) groups excluding carboxylic acids is 1. The van der Waals surface area contributed by atoms with Gasteiger partial charge in [-0.2, -0.15) is 0 Å². The summed E-state index contributed by atoms with van der Waals surface area (Å²) in [5.74, 6) is -0.172. The average molecular weight is 214 g/mol. The molecule has 15 heavy (non-hydrogen) atoms. The van der Waals surface area contributed by atoms with E-state index in [4.69, 9.17) is 9.47 Å². The van der Waals surface area contributed by atoms with Crippen LogP contribution in [0.25, 0.3) is 0 Å². The van der Waals surface area contributed by atoms with Crippen LogP contribution in [-0.2, 0) is 14.3 Å². The topological polar surface area (TPSA) is 35.5 Å². The number of carbonyl (C=O) groups is 1. The highest BCUT2D eigenvalue weighted by Crippen LogP contribution is 2.39. The van der Waals surface area contributed by atoms with Crippen LogP contribution in [0.3, 0.4) is 0 Å². The molecule has 1 heterocycles. The Labute approximate surface area is 92.1 Å². The lowest BCUT2D eigenvalue weighted by Crippen LogP contribution is -2.46. The fraction of sp³-hybridized carbons (Fsp3) is 0.917. The van der Waals surface area contributed by atoms with Crippen LogP contribution in [0.4, 0.5) is 0 Å². The second-order valence-corrected chi connectivity index (χ2v) is 5.00. The molecule has 1 aliphatic heterocycles. The minimum Gasteiger partial charge on any atom is -0.469 e. The van der Waals surface area contributed by atoms with Gasteiger partial charge in [-0.3, -0.25) is 4.79 Å². The molecule has 0 bridgehead atoms. The first-order valence-corrected chi connectivity index (χ1v) is 5.70. The predicted molar refractivity (Wildman–Crippen MR) is 58.7 cm³/mol. The van der Waals surface area contributed by atoms with E-state index in [1.165, 1.54) is 7.11 Å². The van der Waals surface area contributed by atoms with Crippen molar-refractivity contribution in [3.05, 3.63) is 0 Å². The summed E-state index contributed by atoms with van der Waals surface area (Å²) >= 11 is 0. The Morgan fingerprint density at radius 1 is 1.40 bits per heavy atom. The summed E-state index contributed by atoms with van der Waals surface area (Å²) in [6.07, 6.45) is 4.39. The van der Waals surface area contributed by atoms with Crippen LogP contribution in [0, 0.1) is 0 Å². The van der Waals surface area contributed by atoms with Crippen LogP contribution in [-0.4, -0.2) is 24.3 Å². The maximum Gasteiger partial charge on any atom is 0.308 e. The Morgan fingerprint density at radius 3 is 2.53 bits per heavy atom. The molecule has 3 heteroatoms. The summed E-state index contributed by atoms with van der Waals surface area (Å²) in [5, 5.41) is 0. The van der Waals surface area contributed by atoms with Crippen molar-refractivity contribution >= 4 is 5.97 Å². The predicted octanol–water partition coefficient (Wildman–Crippen LogP) is 2.68. The van der Waals surface area contributed by atoms with Gasteiger partial charge in [-0.1, -0.05) is 6.92 Å². The number of methoxy groups -OCH3 is 1. The van der Waals surface area contributed by atoms with Gasteiger partial charge >= 0.3 is 5.97 Å². The van der Waals surface area contributed by atoms with Crippen LogP contribution in [0.1, 0.15) is 52.9 Å². The fourth-order valence-electron chi connectivity index (χ4n) is 2.36. The normalized spacial score (nSPS) is 29.9. The molecule has 0 saturated carbocycles. The highest BCUT2D eigenvalue weighted by atomic mass is 16.5. The molecule has 1 rings (SSSR count). The second kappa shape index (κ2) is 4.52. The van der Waals surface area contributed by atoms with Crippen molar-refractivity contribution in [1.82, 2.24) is 0 Å². The molecule has 0 spiro atoms. The molecule has 1 saturated heterocycles. The SMILES string of the molecule is CCC1(CC(=O)OC)CCCC(C)(C)O1. The summed E-state index contributed by atoms with van der Waals surface area (Å²) < 4.78 is 10.8. The van der Waals surface area contributed by atoms with Gasteiger partial charge in [0.05, 0.1) is 24.7 Å². The molecule has 3 nitrogen and oxygen atoms in total. The van der Waals surface area contributed by atoms with Crippen molar-refractivity contribution in [3.8, 4) is 0 Å². The molecule has 88 valence electrons. The Kier molecular flexibility index (Phi) is 3.77. The average Bonchev–Trinajstić information content (AvgIpc) is 2.16. The summed E-state index contributed by atoms with van der Waals surface area (Å²) in [5.41, 5.74) is -0.406. The van der Waals surface area contributed by atoms with E-state index in [0.717, 1.165) is 25.7 Å². The summed E-state index contributed by atoms with van der Waals surface area (Å²) in [4.78, 5) is 11.4. The molecule has 0 radical (unpaired) electrons. The third-order valence-corrected chi connectivity index (χ3v) is 3.24. The van der Waals surface area contributed by atoms with Crippen molar-refractivity contribution in [2.45, 2.75) is 64.1 Å². The van der Waals surface area contributed by atoms with E-state index in [-0.39, 0.29) is 17.2 Å². The van der Waals surface area contributed by atoms with Crippen molar-refractivity contribution < 1.29 is 14.3 Å². The maximum absolute atomic E-state index is 11.4. The fourth-order valence-corrected chi connectivity index (χ4v) is 2.36. The van der Waals surface area contributed by atoms with Gasteiger partial charge in [-0.25, -0.2) is 0 Å². The zero-order chi connectivity index (χ0) is 11.5. The molecule has 1 atom stereocenters. The highest BCUT2D eigenvalue weighted by Gasteiger charge is 2.41. The zero-order valence-electron chi connectivity index (χ0n) is 10.3. The van der Waals surface area contributed by atoms with Gasteiger partial charge in [0.15, 0.2) is 0 Å². The van der Waals surface area contributed by atoms with E-state index in [9.17, 15) is 4.79 Å². The number of hydrogen-bond acceptors (Lipinski definition) is 3. The van der Waals surface area contributed by atoms with Crippen LogP contribution < -0.4 is 0 Å². The molecule has 0 N–H and O–H groups in total. The smallest absolute Gasteiger partial charge is 0.308 e. The monoisotopic (exact) mass is 214 g/mol. The molecular formula is C12H22O3. The number of rotatable bonds is 3. The van der Waals surface area contributed by atoms with E-state index in [2.05, 4.69) is 20.8 Å². The second-order valence-electron chi connectivity index (χ2n) is 5.00. The molecule has 0 amide bonds. The first-order chi connectivity index (χ1) is 6.93. The Bertz CT molecular complexity index is 235. The third-order valence-electron chi connectivity index (χ3n) is 3.24. The number of hydrogen-bond donors (Lipinski definition) is 0. The Hall–Kier alpha value is -0.570. The van der Waals surface area contributed by atoms with Crippen LogP contribution in [0.2, 0.25) is 0 Å². The van der Waals surface area contributed by atoms with E-state index in [1.54, 1.807) is 0 Å². The van der Waals surface area contributed by atoms with Gasteiger partial charge in [0.2, 0.25) is 0 Å². The van der Waals surface area contributed by atoms with Gasteiger partial charge in [0, 0.05) is 0 Å². The minimum absolute atomic E-state index is 0.109. The summed E-state index contributed by atoms with van der Waals surface area (Å²) in [7, 11) is 1.43. The maximum atomic E-state index is 11.4. The van der Waals surface area contributed by atoms with E-state index in [1.807, 2.05) is 0 Å². The molecule has 1 aliphatic rings. The van der Waals surface area contributed by atoms with Gasteiger partial charge in [-0.15, -0.1) is 0 Å². The van der Waals surface area contributed by atoms with E-state index >= 15 is 0 Å². The number of esters is 1. The lowest BCUT2D eigenvalue weighted by Gasteiger charge is -2.44. The van der Waals surface area contributed by atoms with Gasteiger partial charge < -0.3 is 9.47 Å². The molecule has 0 aliphatic carbocycles. The lowest BCUT2D eigenvalue weighted by molar-refractivity contribution is -0.188. The van der Waals surface area contributed by atoms with Gasteiger partial charge in [0.25, 0.3) is 0 Å². The van der Waals surface area contributed by atoms with Crippen LogP contribution >= 0.6 is 0 Å². The standard InChI is InChI=1S/C12H22O3/c1-5-12(9-10(13)14-4)8-6-7-11(2,3)15-12/h5-9H2,1-4H3. The van der Waals surface area contributed by atoms with Gasteiger partial charge in [-0.05, 0) is 39.5 Å². The third kappa shape index (κ3) is 3.20. The van der Waals surface area contributed by atoms with E-state index < -0.39 is 0 Å². The quantitative estimate of drug-likeness (QED) is 0.677. The van der Waals surface area contributed by atoms with Crippen LogP contribution in [0.5, 0.6) is 0 Å².